The van der Waals surface area contributed by atoms with Crippen LogP contribution >= 0.6 is 11.6 Å². The first kappa shape index (κ1) is 19.3. The van der Waals surface area contributed by atoms with Crippen molar-refractivity contribution in [1.82, 2.24) is 0 Å². The van der Waals surface area contributed by atoms with Crippen LogP contribution in [-0.2, 0) is 11.6 Å². The summed E-state index contributed by atoms with van der Waals surface area (Å²) in [4.78, 5) is 2.08. The molecular formula is C20H19ClF3N3. The molecule has 7 heteroatoms. The van der Waals surface area contributed by atoms with Gasteiger partial charge in [-0.05, 0) is 35.9 Å². The number of nitrogens with zero attached hydrogens (tertiary/aromatic N) is 2. The van der Waals surface area contributed by atoms with Crippen molar-refractivity contribution in [2.24, 2.45) is 5.10 Å². The average molecular weight is 394 g/mol. The number of rotatable bonds is 3. The minimum atomic E-state index is -4.44. The van der Waals surface area contributed by atoms with Crippen LogP contribution in [0.3, 0.4) is 0 Å². The zero-order valence-corrected chi connectivity index (χ0v) is 15.9. The molecule has 1 aliphatic heterocycles. The van der Waals surface area contributed by atoms with Gasteiger partial charge in [-0.1, -0.05) is 43.6 Å². The average Bonchev–Trinajstić information content (AvgIpc) is 2.79. The van der Waals surface area contributed by atoms with Gasteiger partial charge in [-0.15, -0.1) is 0 Å². The summed E-state index contributed by atoms with van der Waals surface area (Å²) in [5.74, 6) is 0. The van der Waals surface area contributed by atoms with Crippen LogP contribution in [0.1, 0.15) is 25.0 Å². The number of hydrogen-bond donors (Lipinski definition) is 1. The van der Waals surface area contributed by atoms with Gasteiger partial charge >= 0.3 is 6.18 Å². The number of hydrazone groups is 1. The van der Waals surface area contributed by atoms with Crippen LogP contribution in [-0.4, -0.2) is 13.3 Å². The Morgan fingerprint density at radius 2 is 1.85 bits per heavy atom. The fourth-order valence-corrected chi connectivity index (χ4v) is 3.46. The highest BCUT2D eigenvalue weighted by Gasteiger charge is 2.37. The van der Waals surface area contributed by atoms with E-state index in [0.29, 0.717) is 0 Å². The number of alkyl halides is 3. The fraction of sp³-hybridized carbons (Fsp3) is 0.250. The summed E-state index contributed by atoms with van der Waals surface area (Å²) in [6.45, 7) is 4.23. The van der Waals surface area contributed by atoms with Crippen molar-refractivity contribution in [3.05, 3.63) is 70.4 Å². The molecule has 0 unspecified atom stereocenters. The number of halogens is 4. The number of likely N-dealkylation sites (N-methyl/N-ethyl adjacent to an activating group) is 1. The van der Waals surface area contributed by atoms with E-state index < -0.39 is 11.7 Å². The fourth-order valence-electron chi connectivity index (χ4n) is 3.30. The lowest BCUT2D eigenvalue weighted by atomic mass is 9.84. The minimum absolute atomic E-state index is 0.100. The van der Waals surface area contributed by atoms with Crippen molar-refractivity contribution in [1.29, 1.82) is 0 Å². The lowest BCUT2D eigenvalue weighted by molar-refractivity contribution is -0.137. The van der Waals surface area contributed by atoms with E-state index in [1.807, 2.05) is 25.3 Å². The van der Waals surface area contributed by atoms with Gasteiger partial charge in [0.05, 0.1) is 16.3 Å². The first-order valence-corrected chi connectivity index (χ1v) is 8.70. The number of benzene rings is 2. The molecule has 142 valence electrons. The monoisotopic (exact) mass is 393 g/mol. The number of hydrogen-bond acceptors (Lipinski definition) is 3. The Labute approximate surface area is 161 Å². The summed E-state index contributed by atoms with van der Waals surface area (Å²) in [6.07, 6.45) is -1.07. The highest BCUT2D eigenvalue weighted by atomic mass is 35.5. The number of anilines is 2. The second kappa shape index (κ2) is 6.93. The van der Waals surface area contributed by atoms with Gasteiger partial charge in [0.1, 0.15) is 0 Å². The van der Waals surface area contributed by atoms with E-state index in [1.54, 1.807) is 0 Å². The molecule has 1 heterocycles. The van der Waals surface area contributed by atoms with Crippen molar-refractivity contribution in [3.8, 4) is 0 Å². The molecule has 0 spiro atoms. The third-order valence-corrected chi connectivity index (χ3v) is 5.06. The molecule has 1 aliphatic rings. The first-order valence-electron chi connectivity index (χ1n) is 8.32. The molecule has 0 aliphatic carbocycles. The number of allylic oxidation sites excluding steroid dienone is 2. The standard InChI is InChI=1S/C20H19ClF3N3/c1-19(2)14-6-4-5-7-17(14)27(3)18(19)10-11-25-26-16-12-13(20(22,23)24)8-9-15(16)21/h4-12,26H,1-3H3/b18-10-,25-11+. The van der Waals surface area contributed by atoms with E-state index in [1.165, 1.54) is 17.8 Å². The predicted molar refractivity (Wildman–Crippen MR) is 105 cm³/mol. The summed E-state index contributed by atoms with van der Waals surface area (Å²) in [5.41, 5.74) is 5.06. The van der Waals surface area contributed by atoms with Gasteiger partial charge in [0, 0.05) is 30.1 Å². The third kappa shape index (κ3) is 3.67. The van der Waals surface area contributed by atoms with E-state index in [4.69, 9.17) is 11.6 Å². The largest absolute Gasteiger partial charge is 0.416 e. The molecule has 0 bridgehead atoms. The summed E-state index contributed by atoms with van der Waals surface area (Å²) < 4.78 is 38.5. The van der Waals surface area contributed by atoms with Crippen LogP contribution in [0.25, 0.3) is 0 Å². The lowest BCUT2D eigenvalue weighted by Crippen LogP contribution is -2.23. The lowest BCUT2D eigenvalue weighted by Gasteiger charge is -2.23. The van der Waals surface area contributed by atoms with E-state index in [2.05, 4.69) is 41.4 Å². The Morgan fingerprint density at radius 3 is 2.52 bits per heavy atom. The van der Waals surface area contributed by atoms with Gasteiger partial charge in [-0.2, -0.15) is 18.3 Å². The van der Waals surface area contributed by atoms with Gasteiger partial charge in [0.15, 0.2) is 0 Å². The zero-order valence-electron chi connectivity index (χ0n) is 15.1. The number of para-hydroxylation sites is 1. The van der Waals surface area contributed by atoms with Crippen LogP contribution in [0, 0.1) is 0 Å². The Bertz CT molecular complexity index is 917. The van der Waals surface area contributed by atoms with E-state index in [9.17, 15) is 13.2 Å². The summed E-state index contributed by atoms with van der Waals surface area (Å²) >= 11 is 5.95. The molecule has 0 saturated carbocycles. The summed E-state index contributed by atoms with van der Waals surface area (Å²) in [5, 5.41) is 4.19. The second-order valence-corrected chi connectivity index (χ2v) is 7.24. The third-order valence-electron chi connectivity index (χ3n) is 4.73. The van der Waals surface area contributed by atoms with Crippen molar-refractivity contribution >= 4 is 29.2 Å². The highest BCUT2D eigenvalue weighted by molar-refractivity contribution is 6.33. The molecule has 1 N–H and O–H groups in total. The number of nitrogens with one attached hydrogen (secondary N) is 1. The molecule has 0 amide bonds. The Balaban J connectivity index is 1.81. The molecule has 2 aromatic carbocycles. The molecule has 27 heavy (non-hydrogen) atoms. The molecule has 2 aromatic rings. The van der Waals surface area contributed by atoms with E-state index in [0.717, 1.165) is 23.5 Å². The van der Waals surface area contributed by atoms with Crippen molar-refractivity contribution in [2.45, 2.75) is 25.4 Å². The Morgan fingerprint density at radius 1 is 1.15 bits per heavy atom. The molecule has 0 radical (unpaired) electrons. The Hall–Kier alpha value is -2.47. The molecular weight excluding hydrogens is 375 g/mol. The molecule has 0 fully saturated rings. The minimum Gasteiger partial charge on any atom is -0.347 e. The van der Waals surface area contributed by atoms with Crippen LogP contribution < -0.4 is 10.3 Å². The van der Waals surface area contributed by atoms with Crippen LogP contribution in [0.2, 0.25) is 5.02 Å². The second-order valence-electron chi connectivity index (χ2n) is 6.84. The van der Waals surface area contributed by atoms with Gasteiger partial charge in [-0.3, -0.25) is 5.43 Å². The van der Waals surface area contributed by atoms with Crippen LogP contribution in [0.4, 0.5) is 24.5 Å². The van der Waals surface area contributed by atoms with E-state index >= 15 is 0 Å². The van der Waals surface area contributed by atoms with Gasteiger partial charge in [-0.25, -0.2) is 0 Å². The summed E-state index contributed by atoms with van der Waals surface area (Å²) in [7, 11) is 1.98. The zero-order chi connectivity index (χ0) is 19.8. The van der Waals surface area contributed by atoms with Gasteiger partial charge < -0.3 is 4.90 Å². The molecule has 3 rings (SSSR count). The molecule has 0 saturated heterocycles. The first-order chi connectivity index (χ1) is 12.6. The quantitative estimate of drug-likeness (QED) is 0.506. The normalized spacial score (nSPS) is 17.6. The smallest absolute Gasteiger partial charge is 0.347 e. The molecule has 0 aromatic heterocycles. The van der Waals surface area contributed by atoms with Crippen LogP contribution in [0.5, 0.6) is 0 Å². The maximum Gasteiger partial charge on any atom is 0.416 e. The van der Waals surface area contributed by atoms with Gasteiger partial charge in [0.2, 0.25) is 0 Å². The van der Waals surface area contributed by atoms with Crippen molar-refractivity contribution in [3.63, 3.8) is 0 Å². The molecule has 0 atom stereocenters. The summed E-state index contributed by atoms with van der Waals surface area (Å²) in [6, 6.07) is 11.2. The topological polar surface area (TPSA) is 27.6 Å². The van der Waals surface area contributed by atoms with Crippen molar-refractivity contribution < 1.29 is 13.2 Å². The maximum atomic E-state index is 12.8. The predicted octanol–water partition coefficient (Wildman–Crippen LogP) is 6.07. The van der Waals surface area contributed by atoms with Crippen molar-refractivity contribution in [2.75, 3.05) is 17.4 Å². The number of fused-ring (bicyclic) bond motifs is 1. The highest BCUT2D eigenvalue weighted by Crippen LogP contribution is 2.46. The maximum absolute atomic E-state index is 12.8. The SMILES string of the molecule is CN1/C(=C\C=N\Nc2cc(C(F)(F)F)ccc2Cl)C(C)(C)c2ccccc21. The Kier molecular flexibility index (Phi) is 4.95. The van der Waals surface area contributed by atoms with Gasteiger partial charge in [0.25, 0.3) is 0 Å². The molecule has 3 nitrogen and oxygen atoms in total. The van der Waals surface area contributed by atoms with Crippen LogP contribution in [0.15, 0.2) is 59.3 Å². The van der Waals surface area contributed by atoms with E-state index in [-0.39, 0.29) is 16.1 Å².